The van der Waals surface area contributed by atoms with Gasteiger partial charge in [-0.15, -0.1) is 0 Å². The lowest BCUT2D eigenvalue weighted by molar-refractivity contribution is -0.122. The smallest absolute Gasteiger partial charge is 0.220 e. The van der Waals surface area contributed by atoms with Gasteiger partial charge in [-0.1, -0.05) is 0 Å². The molecule has 0 aromatic rings. The number of hydrogen-bond donors (Lipinski definition) is 2. The molecule has 1 heterocycles. The zero-order valence-electron chi connectivity index (χ0n) is 10.8. The number of nitrogens with two attached hydrogens (primary N) is 1. The Hall–Kier alpha value is -0.610. The first-order valence-electron chi connectivity index (χ1n) is 6.13. The topological polar surface area (TPSA) is 58.4 Å². The number of nitrogens with one attached hydrogen (secondary N) is 1. The molecule has 0 aliphatic carbocycles. The third-order valence-electron chi connectivity index (χ3n) is 3.08. The molecule has 1 fully saturated rings. The predicted molar refractivity (Wildman–Crippen MR) is 66.2 cm³/mol. The Labute approximate surface area is 98.6 Å². The van der Waals surface area contributed by atoms with Crippen LogP contribution in [0.15, 0.2) is 0 Å². The molecule has 1 aliphatic heterocycles. The summed E-state index contributed by atoms with van der Waals surface area (Å²) in [7, 11) is 2.12. The van der Waals surface area contributed by atoms with Crippen LogP contribution in [0.4, 0.5) is 0 Å². The highest BCUT2D eigenvalue weighted by Crippen LogP contribution is 2.10. The van der Waals surface area contributed by atoms with Gasteiger partial charge in [-0.05, 0) is 53.2 Å². The highest BCUT2D eigenvalue weighted by Gasteiger charge is 2.19. The van der Waals surface area contributed by atoms with Crippen molar-refractivity contribution in [3.05, 3.63) is 0 Å². The maximum absolute atomic E-state index is 11.7. The Kier molecular flexibility index (Phi) is 4.74. The summed E-state index contributed by atoms with van der Waals surface area (Å²) in [6.07, 6.45) is 3.41. The second-order valence-electron chi connectivity index (χ2n) is 5.63. The minimum Gasteiger partial charge on any atom is -0.353 e. The van der Waals surface area contributed by atoms with Crippen LogP contribution in [0, 0.1) is 0 Å². The molecule has 0 saturated carbocycles. The number of amides is 1. The summed E-state index contributed by atoms with van der Waals surface area (Å²) >= 11 is 0. The lowest BCUT2D eigenvalue weighted by atomic mass is 9.99. The van der Waals surface area contributed by atoms with Gasteiger partial charge in [0.15, 0.2) is 0 Å². The van der Waals surface area contributed by atoms with Gasteiger partial charge in [-0.3, -0.25) is 4.79 Å². The molecule has 1 amide bonds. The molecule has 0 unspecified atom stereocenters. The maximum Gasteiger partial charge on any atom is 0.220 e. The van der Waals surface area contributed by atoms with Crippen LogP contribution in [0.2, 0.25) is 0 Å². The first-order chi connectivity index (χ1) is 7.37. The van der Waals surface area contributed by atoms with E-state index in [1.54, 1.807) is 0 Å². The van der Waals surface area contributed by atoms with E-state index in [1.807, 2.05) is 13.8 Å². The van der Waals surface area contributed by atoms with E-state index in [-0.39, 0.29) is 11.4 Å². The molecule has 4 nitrogen and oxygen atoms in total. The van der Waals surface area contributed by atoms with Crippen molar-refractivity contribution in [1.29, 1.82) is 0 Å². The second-order valence-corrected chi connectivity index (χ2v) is 5.63. The van der Waals surface area contributed by atoms with E-state index in [1.165, 1.54) is 0 Å². The standard InChI is InChI=1S/C12H25N3O/c1-12(2,13)7-4-11(16)14-10-5-8-15(3)9-6-10/h10H,4-9,13H2,1-3H3,(H,14,16). The molecular weight excluding hydrogens is 202 g/mol. The van der Waals surface area contributed by atoms with Gasteiger partial charge in [-0.25, -0.2) is 0 Å². The number of likely N-dealkylation sites (tertiary alicyclic amines) is 1. The summed E-state index contributed by atoms with van der Waals surface area (Å²) in [6, 6.07) is 0.365. The molecule has 0 spiro atoms. The van der Waals surface area contributed by atoms with Crippen LogP contribution in [0.3, 0.4) is 0 Å². The molecule has 0 radical (unpaired) electrons. The first kappa shape index (κ1) is 13.5. The van der Waals surface area contributed by atoms with Crippen molar-refractivity contribution in [2.24, 2.45) is 5.73 Å². The minimum absolute atomic E-state index is 0.146. The molecular formula is C12H25N3O. The minimum atomic E-state index is -0.246. The van der Waals surface area contributed by atoms with Gasteiger partial charge < -0.3 is 16.0 Å². The van der Waals surface area contributed by atoms with E-state index in [9.17, 15) is 4.79 Å². The normalized spacial score (nSPS) is 19.8. The Morgan fingerprint density at radius 1 is 1.44 bits per heavy atom. The summed E-state index contributed by atoms with van der Waals surface area (Å²) < 4.78 is 0. The van der Waals surface area contributed by atoms with Crippen LogP contribution < -0.4 is 11.1 Å². The van der Waals surface area contributed by atoms with Crippen LogP contribution in [-0.2, 0) is 4.79 Å². The van der Waals surface area contributed by atoms with Crippen molar-refractivity contribution in [3.63, 3.8) is 0 Å². The average Bonchev–Trinajstić information content (AvgIpc) is 2.18. The van der Waals surface area contributed by atoms with Crippen molar-refractivity contribution >= 4 is 5.91 Å². The fourth-order valence-electron chi connectivity index (χ4n) is 1.89. The summed E-state index contributed by atoms with van der Waals surface area (Å²) in [4.78, 5) is 14.0. The molecule has 0 aromatic heterocycles. The van der Waals surface area contributed by atoms with Crippen LogP contribution in [0.5, 0.6) is 0 Å². The number of piperidine rings is 1. The number of rotatable bonds is 4. The third-order valence-corrected chi connectivity index (χ3v) is 3.08. The van der Waals surface area contributed by atoms with Crippen molar-refractivity contribution in [2.75, 3.05) is 20.1 Å². The van der Waals surface area contributed by atoms with Gasteiger partial charge in [0.2, 0.25) is 5.91 Å². The van der Waals surface area contributed by atoms with Crippen LogP contribution in [0.25, 0.3) is 0 Å². The summed E-state index contributed by atoms with van der Waals surface area (Å²) in [5, 5.41) is 3.09. The van der Waals surface area contributed by atoms with E-state index in [2.05, 4.69) is 17.3 Å². The zero-order chi connectivity index (χ0) is 12.2. The number of nitrogens with zero attached hydrogens (tertiary/aromatic N) is 1. The van der Waals surface area contributed by atoms with E-state index in [0.717, 1.165) is 32.4 Å². The van der Waals surface area contributed by atoms with Crippen LogP contribution in [-0.4, -0.2) is 42.5 Å². The van der Waals surface area contributed by atoms with Gasteiger partial charge in [0.05, 0.1) is 0 Å². The van der Waals surface area contributed by atoms with Gasteiger partial charge in [0.25, 0.3) is 0 Å². The van der Waals surface area contributed by atoms with Crippen molar-refractivity contribution in [3.8, 4) is 0 Å². The second kappa shape index (κ2) is 5.64. The fourth-order valence-corrected chi connectivity index (χ4v) is 1.89. The molecule has 1 saturated heterocycles. The number of hydrogen-bond acceptors (Lipinski definition) is 3. The van der Waals surface area contributed by atoms with E-state index in [0.29, 0.717) is 12.5 Å². The SMILES string of the molecule is CN1CCC(NC(=O)CCC(C)(C)N)CC1. The number of carbonyl (C=O) groups is 1. The summed E-state index contributed by atoms with van der Waals surface area (Å²) in [5.74, 6) is 0.146. The van der Waals surface area contributed by atoms with E-state index < -0.39 is 0 Å². The summed E-state index contributed by atoms with van der Waals surface area (Å²) in [6.45, 7) is 6.06. The highest BCUT2D eigenvalue weighted by molar-refractivity contribution is 5.76. The van der Waals surface area contributed by atoms with Crippen LogP contribution in [0.1, 0.15) is 39.5 Å². The third kappa shape index (κ3) is 5.47. The molecule has 1 rings (SSSR count). The molecule has 94 valence electrons. The molecule has 4 heteroatoms. The Balaban J connectivity index is 2.19. The van der Waals surface area contributed by atoms with E-state index in [4.69, 9.17) is 5.73 Å². The van der Waals surface area contributed by atoms with Gasteiger partial charge >= 0.3 is 0 Å². The lowest BCUT2D eigenvalue weighted by Gasteiger charge is -2.29. The zero-order valence-corrected chi connectivity index (χ0v) is 10.8. The van der Waals surface area contributed by atoms with Crippen molar-refractivity contribution < 1.29 is 4.79 Å². The quantitative estimate of drug-likeness (QED) is 0.744. The molecule has 16 heavy (non-hydrogen) atoms. The van der Waals surface area contributed by atoms with Gasteiger partial charge in [-0.2, -0.15) is 0 Å². The molecule has 0 atom stereocenters. The largest absolute Gasteiger partial charge is 0.353 e. The Morgan fingerprint density at radius 2 is 2.00 bits per heavy atom. The highest BCUT2D eigenvalue weighted by atomic mass is 16.1. The van der Waals surface area contributed by atoms with Crippen molar-refractivity contribution in [1.82, 2.24) is 10.2 Å². The monoisotopic (exact) mass is 227 g/mol. The number of carbonyl (C=O) groups excluding carboxylic acids is 1. The predicted octanol–water partition coefficient (Wildman–Crippen LogP) is 0.714. The molecule has 3 N–H and O–H groups in total. The Bertz CT molecular complexity index is 227. The fraction of sp³-hybridized carbons (Fsp3) is 0.917. The summed E-state index contributed by atoms with van der Waals surface area (Å²) in [5.41, 5.74) is 5.60. The maximum atomic E-state index is 11.7. The van der Waals surface area contributed by atoms with E-state index >= 15 is 0 Å². The van der Waals surface area contributed by atoms with Crippen LogP contribution >= 0.6 is 0 Å². The lowest BCUT2D eigenvalue weighted by Crippen LogP contribution is -2.44. The van der Waals surface area contributed by atoms with Gasteiger partial charge in [0, 0.05) is 18.0 Å². The van der Waals surface area contributed by atoms with Crippen molar-refractivity contribution in [2.45, 2.75) is 51.1 Å². The first-order valence-corrected chi connectivity index (χ1v) is 6.13. The molecule has 0 aromatic carbocycles. The molecule has 1 aliphatic rings. The van der Waals surface area contributed by atoms with Gasteiger partial charge in [0.1, 0.15) is 0 Å². The average molecular weight is 227 g/mol. The Morgan fingerprint density at radius 3 is 2.50 bits per heavy atom. The molecule has 0 bridgehead atoms.